The van der Waals surface area contributed by atoms with Crippen molar-refractivity contribution in [1.82, 2.24) is 15.2 Å². The SMILES string of the molecule is Cc1cccc(CN(C)CC2(C)CCCN2)n1. The van der Waals surface area contributed by atoms with Gasteiger partial charge in [0.1, 0.15) is 0 Å². The summed E-state index contributed by atoms with van der Waals surface area (Å²) in [6.07, 6.45) is 2.58. The van der Waals surface area contributed by atoms with Gasteiger partial charge >= 0.3 is 0 Å². The van der Waals surface area contributed by atoms with E-state index < -0.39 is 0 Å². The van der Waals surface area contributed by atoms with E-state index >= 15 is 0 Å². The maximum Gasteiger partial charge on any atom is 0.0547 e. The van der Waals surface area contributed by atoms with E-state index in [9.17, 15) is 0 Å². The van der Waals surface area contributed by atoms with E-state index in [1.807, 2.05) is 13.0 Å². The molecule has 3 heteroatoms. The summed E-state index contributed by atoms with van der Waals surface area (Å²) >= 11 is 0. The number of likely N-dealkylation sites (N-methyl/N-ethyl adjacent to an activating group) is 1. The molecule has 2 rings (SSSR count). The minimum atomic E-state index is 0.290. The molecule has 0 radical (unpaired) electrons. The average Bonchev–Trinajstić information content (AvgIpc) is 2.64. The number of rotatable bonds is 4. The van der Waals surface area contributed by atoms with Gasteiger partial charge in [-0.15, -0.1) is 0 Å². The third kappa shape index (κ3) is 3.51. The largest absolute Gasteiger partial charge is 0.310 e. The van der Waals surface area contributed by atoms with Gasteiger partial charge in [0.2, 0.25) is 0 Å². The highest BCUT2D eigenvalue weighted by atomic mass is 15.2. The number of aryl methyl sites for hydroxylation is 1. The van der Waals surface area contributed by atoms with Crippen LogP contribution in [-0.4, -0.2) is 35.6 Å². The van der Waals surface area contributed by atoms with E-state index in [0.29, 0.717) is 5.54 Å². The van der Waals surface area contributed by atoms with Crippen LogP contribution >= 0.6 is 0 Å². The molecule has 1 N–H and O–H groups in total. The van der Waals surface area contributed by atoms with Crippen molar-refractivity contribution < 1.29 is 0 Å². The monoisotopic (exact) mass is 233 g/mol. The second-order valence-electron chi connectivity index (χ2n) is 5.53. The Morgan fingerprint density at radius 2 is 2.29 bits per heavy atom. The minimum absolute atomic E-state index is 0.290. The topological polar surface area (TPSA) is 28.2 Å². The maximum atomic E-state index is 4.55. The van der Waals surface area contributed by atoms with Gasteiger partial charge in [0.05, 0.1) is 5.69 Å². The highest BCUT2D eigenvalue weighted by Gasteiger charge is 2.29. The number of nitrogens with one attached hydrogen (secondary N) is 1. The third-order valence-electron chi connectivity index (χ3n) is 3.45. The fourth-order valence-corrected chi connectivity index (χ4v) is 2.71. The molecule has 0 saturated carbocycles. The lowest BCUT2D eigenvalue weighted by molar-refractivity contribution is 0.232. The molecule has 0 aromatic carbocycles. The van der Waals surface area contributed by atoms with Gasteiger partial charge in [-0.25, -0.2) is 0 Å². The summed E-state index contributed by atoms with van der Waals surface area (Å²) < 4.78 is 0. The Morgan fingerprint density at radius 1 is 1.47 bits per heavy atom. The molecule has 1 aromatic heterocycles. The first-order valence-corrected chi connectivity index (χ1v) is 6.44. The molecule has 3 nitrogen and oxygen atoms in total. The maximum absolute atomic E-state index is 4.55. The van der Waals surface area contributed by atoms with E-state index in [1.54, 1.807) is 0 Å². The quantitative estimate of drug-likeness (QED) is 0.861. The Hall–Kier alpha value is -0.930. The minimum Gasteiger partial charge on any atom is -0.310 e. The van der Waals surface area contributed by atoms with Crippen LogP contribution in [0.2, 0.25) is 0 Å². The summed E-state index contributed by atoms with van der Waals surface area (Å²) in [5.74, 6) is 0. The first-order valence-electron chi connectivity index (χ1n) is 6.44. The summed E-state index contributed by atoms with van der Waals surface area (Å²) in [5, 5.41) is 3.60. The second-order valence-corrected chi connectivity index (χ2v) is 5.53. The number of hydrogen-bond donors (Lipinski definition) is 1. The van der Waals surface area contributed by atoms with Crippen molar-refractivity contribution in [2.45, 2.75) is 38.8 Å². The fraction of sp³-hybridized carbons (Fsp3) is 0.643. The Labute approximate surface area is 104 Å². The first-order chi connectivity index (χ1) is 8.07. The summed E-state index contributed by atoms with van der Waals surface area (Å²) in [4.78, 5) is 6.91. The van der Waals surface area contributed by atoms with Gasteiger partial charge in [0, 0.05) is 24.3 Å². The molecule has 1 unspecified atom stereocenters. The van der Waals surface area contributed by atoms with Crippen LogP contribution in [0.15, 0.2) is 18.2 Å². The highest BCUT2D eigenvalue weighted by Crippen LogP contribution is 2.19. The normalized spacial score (nSPS) is 24.5. The van der Waals surface area contributed by atoms with Crippen molar-refractivity contribution in [3.8, 4) is 0 Å². The zero-order valence-corrected chi connectivity index (χ0v) is 11.2. The van der Waals surface area contributed by atoms with Gasteiger partial charge < -0.3 is 5.32 Å². The zero-order valence-electron chi connectivity index (χ0n) is 11.2. The summed E-state index contributed by atoms with van der Waals surface area (Å²) in [6.45, 7) is 7.54. The van der Waals surface area contributed by atoms with Crippen molar-refractivity contribution in [1.29, 1.82) is 0 Å². The van der Waals surface area contributed by atoms with Crippen molar-refractivity contribution in [2.75, 3.05) is 20.1 Å². The van der Waals surface area contributed by atoms with Crippen LogP contribution in [0.3, 0.4) is 0 Å². The van der Waals surface area contributed by atoms with Crippen LogP contribution in [0, 0.1) is 6.92 Å². The Bertz CT molecular complexity index is 369. The van der Waals surface area contributed by atoms with E-state index in [4.69, 9.17) is 0 Å². The summed E-state index contributed by atoms with van der Waals surface area (Å²) in [6, 6.07) is 6.23. The number of hydrogen-bond acceptors (Lipinski definition) is 3. The molecule has 1 saturated heterocycles. The molecular formula is C14H23N3. The third-order valence-corrected chi connectivity index (χ3v) is 3.45. The molecule has 0 amide bonds. The zero-order chi connectivity index (χ0) is 12.3. The van der Waals surface area contributed by atoms with Crippen LogP contribution in [0.1, 0.15) is 31.2 Å². The summed E-state index contributed by atoms with van der Waals surface area (Å²) in [5.41, 5.74) is 2.55. The van der Waals surface area contributed by atoms with Crippen molar-refractivity contribution in [2.24, 2.45) is 0 Å². The van der Waals surface area contributed by atoms with Crippen molar-refractivity contribution in [3.05, 3.63) is 29.6 Å². The van der Waals surface area contributed by atoms with Crippen molar-refractivity contribution in [3.63, 3.8) is 0 Å². The van der Waals surface area contributed by atoms with Gasteiger partial charge in [-0.2, -0.15) is 0 Å². The second kappa shape index (κ2) is 5.15. The smallest absolute Gasteiger partial charge is 0.0547 e. The summed E-state index contributed by atoms with van der Waals surface area (Å²) in [7, 11) is 2.18. The predicted octanol–water partition coefficient (Wildman–Crippen LogP) is 1.96. The Morgan fingerprint density at radius 3 is 2.94 bits per heavy atom. The number of nitrogens with zero attached hydrogens (tertiary/aromatic N) is 2. The molecular weight excluding hydrogens is 210 g/mol. The van der Waals surface area contributed by atoms with Gasteiger partial charge in [-0.05, 0) is 52.4 Å². The number of aromatic nitrogens is 1. The van der Waals surface area contributed by atoms with Gasteiger partial charge in [-0.1, -0.05) is 6.07 Å². The van der Waals surface area contributed by atoms with Gasteiger partial charge in [0.15, 0.2) is 0 Å². The van der Waals surface area contributed by atoms with E-state index in [1.165, 1.54) is 12.8 Å². The lowest BCUT2D eigenvalue weighted by atomic mass is 10.00. The molecule has 0 spiro atoms. The average molecular weight is 233 g/mol. The first kappa shape index (κ1) is 12.5. The van der Waals surface area contributed by atoms with E-state index in [0.717, 1.165) is 31.0 Å². The molecule has 1 aliphatic heterocycles. The standard InChI is InChI=1S/C14H23N3/c1-12-6-4-7-13(16-12)10-17(3)11-14(2)8-5-9-15-14/h4,6-7,15H,5,8-11H2,1-3H3. The predicted molar refractivity (Wildman–Crippen MR) is 70.9 cm³/mol. The Kier molecular flexibility index (Phi) is 3.79. The molecule has 0 bridgehead atoms. The van der Waals surface area contributed by atoms with Gasteiger partial charge in [0.25, 0.3) is 0 Å². The molecule has 0 aliphatic carbocycles. The van der Waals surface area contributed by atoms with Crippen LogP contribution in [-0.2, 0) is 6.54 Å². The lowest BCUT2D eigenvalue weighted by Crippen LogP contribution is -2.46. The highest BCUT2D eigenvalue weighted by molar-refractivity contribution is 5.09. The van der Waals surface area contributed by atoms with Crippen LogP contribution in [0.25, 0.3) is 0 Å². The van der Waals surface area contributed by atoms with Crippen LogP contribution in [0.5, 0.6) is 0 Å². The van der Waals surface area contributed by atoms with Gasteiger partial charge in [-0.3, -0.25) is 9.88 Å². The van der Waals surface area contributed by atoms with Crippen LogP contribution in [0.4, 0.5) is 0 Å². The molecule has 1 aromatic rings. The van der Waals surface area contributed by atoms with E-state index in [2.05, 4.69) is 41.3 Å². The molecule has 17 heavy (non-hydrogen) atoms. The van der Waals surface area contributed by atoms with Crippen LogP contribution < -0.4 is 5.32 Å². The van der Waals surface area contributed by atoms with E-state index in [-0.39, 0.29) is 0 Å². The molecule has 2 heterocycles. The van der Waals surface area contributed by atoms with Crippen molar-refractivity contribution >= 4 is 0 Å². The Balaban J connectivity index is 1.90. The molecule has 1 fully saturated rings. The molecule has 1 atom stereocenters. The fourth-order valence-electron chi connectivity index (χ4n) is 2.71. The number of pyridine rings is 1. The lowest BCUT2D eigenvalue weighted by Gasteiger charge is -2.30. The molecule has 94 valence electrons. The molecule has 1 aliphatic rings.